The third-order valence-corrected chi connectivity index (χ3v) is 8.05. The Labute approximate surface area is 214 Å². The zero-order chi connectivity index (χ0) is 25.3. The molecule has 0 N–H and O–H groups in total. The van der Waals surface area contributed by atoms with Gasteiger partial charge in [0.1, 0.15) is 4.88 Å². The van der Waals surface area contributed by atoms with Crippen LogP contribution in [0.1, 0.15) is 36.0 Å². The Morgan fingerprint density at radius 1 is 0.703 bits per heavy atom. The van der Waals surface area contributed by atoms with Crippen LogP contribution in [-0.2, 0) is 5.92 Å². The van der Waals surface area contributed by atoms with E-state index in [2.05, 4.69) is 0 Å². The molecule has 0 fully saturated rings. The van der Waals surface area contributed by atoms with Gasteiger partial charge in [-0.15, -0.1) is 11.3 Å². The zero-order valence-electron chi connectivity index (χ0n) is 19.2. The van der Waals surface area contributed by atoms with E-state index in [9.17, 15) is 9.59 Å². The monoisotopic (exact) mass is 505 g/mol. The number of carbonyl (C=O) groups excluding carboxylic acids is 2. The molecule has 37 heavy (non-hydrogen) atoms. The summed E-state index contributed by atoms with van der Waals surface area (Å²) in [7, 11) is 0. The van der Waals surface area contributed by atoms with Crippen LogP contribution in [0.5, 0.6) is 0 Å². The Hall–Kier alpha value is -4.42. The molecular formula is C31H17F2NO2S. The minimum absolute atomic E-state index is 0.00371. The SMILES string of the molecule is O=C1C(=Cc2cc3c(s2)C(F)(F)c2ccccc2N3c2ccccc2)C(=O)c2cc3ccccc3cc21. The molecule has 0 bridgehead atoms. The van der Waals surface area contributed by atoms with Gasteiger partial charge in [-0.2, -0.15) is 8.78 Å². The number of benzene rings is 4. The van der Waals surface area contributed by atoms with Crippen LogP contribution < -0.4 is 4.90 Å². The van der Waals surface area contributed by atoms with E-state index in [0.29, 0.717) is 27.4 Å². The number of carbonyl (C=O) groups is 2. The van der Waals surface area contributed by atoms with Crippen LogP contribution in [0.4, 0.5) is 25.8 Å². The summed E-state index contributed by atoms with van der Waals surface area (Å²) in [6.07, 6.45) is 1.46. The van der Waals surface area contributed by atoms with E-state index in [0.717, 1.165) is 27.8 Å². The van der Waals surface area contributed by atoms with Gasteiger partial charge in [-0.25, -0.2) is 0 Å². The molecular weight excluding hydrogens is 488 g/mol. The highest BCUT2D eigenvalue weighted by Crippen LogP contribution is 2.56. The molecule has 5 aromatic rings. The first kappa shape index (κ1) is 21.8. The maximum atomic E-state index is 15.8. The average Bonchev–Trinajstić information content (AvgIpc) is 3.44. The van der Waals surface area contributed by atoms with E-state index in [1.54, 1.807) is 41.3 Å². The zero-order valence-corrected chi connectivity index (χ0v) is 20.1. The van der Waals surface area contributed by atoms with Crippen molar-refractivity contribution in [3.8, 4) is 0 Å². The van der Waals surface area contributed by atoms with Crippen molar-refractivity contribution >= 4 is 56.8 Å². The molecule has 0 atom stereocenters. The normalized spacial score (nSPS) is 15.5. The summed E-state index contributed by atoms with van der Waals surface area (Å²) < 4.78 is 31.5. The number of halogens is 2. The molecule has 2 aliphatic rings. The van der Waals surface area contributed by atoms with Crippen molar-refractivity contribution in [1.29, 1.82) is 0 Å². The molecule has 0 spiro atoms. The van der Waals surface area contributed by atoms with Crippen molar-refractivity contribution in [2.24, 2.45) is 0 Å². The van der Waals surface area contributed by atoms with E-state index < -0.39 is 5.92 Å². The molecule has 4 aromatic carbocycles. The molecule has 6 heteroatoms. The van der Waals surface area contributed by atoms with Crippen molar-refractivity contribution in [3.05, 3.63) is 129 Å². The smallest absolute Gasteiger partial charge is 0.309 e. The lowest BCUT2D eigenvalue weighted by Crippen LogP contribution is -2.26. The molecule has 0 saturated heterocycles. The van der Waals surface area contributed by atoms with Gasteiger partial charge in [0.15, 0.2) is 11.6 Å². The van der Waals surface area contributed by atoms with Gasteiger partial charge in [0.25, 0.3) is 0 Å². The maximum Gasteiger partial charge on any atom is 0.311 e. The van der Waals surface area contributed by atoms with Crippen LogP contribution in [0.15, 0.2) is 103 Å². The summed E-state index contributed by atoms with van der Waals surface area (Å²) in [6, 6.07) is 28.4. The summed E-state index contributed by atoms with van der Waals surface area (Å²) in [6.45, 7) is 0. The number of alkyl halides is 2. The summed E-state index contributed by atoms with van der Waals surface area (Å²) in [5.41, 5.74) is 2.09. The third kappa shape index (κ3) is 3.16. The highest BCUT2D eigenvalue weighted by molar-refractivity contribution is 7.13. The largest absolute Gasteiger partial charge is 0.311 e. The van der Waals surface area contributed by atoms with E-state index in [4.69, 9.17) is 0 Å². The van der Waals surface area contributed by atoms with Gasteiger partial charge in [0.2, 0.25) is 0 Å². The Morgan fingerprint density at radius 3 is 1.97 bits per heavy atom. The van der Waals surface area contributed by atoms with Crippen molar-refractivity contribution in [3.63, 3.8) is 0 Å². The second-order valence-electron chi connectivity index (χ2n) is 9.09. The molecule has 0 amide bonds. The van der Waals surface area contributed by atoms with Gasteiger partial charge in [0.05, 0.1) is 22.5 Å². The predicted octanol–water partition coefficient (Wildman–Crippen LogP) is 8.29. The molecule has 1 aliphatic heterocycles. The molecule has 1 aromatic heterocycles. The lowest BCUT2D eigenvalue weighted by Gasteiger charge is -2.35. The molecule has 178 valence electrons. The molecule has 3 nitrogen and oxygen atoms in total. The van der Waals surface area contributed by atoms with Gasteiger partial charge in [-0.1, -0.05) is 60.7 Å². The highest BCUT2D eigenvalue weighted by atomic mass is 32.1. The van der Waals surface area contributed by atoms with Gasteiger partial charge in [-0.3, -0.25) is 9.59 Å². The number of Topliss-reactive ketones (excluding diaryl/α,β-unsaturated/α-hetero) is 2. The molecule has 0 saturated carbocycles. The number of hydrogen-bond acceptors (Lipinski definition) is 4. The van der Waals surface area contributed by atoms with Crippen LogP contribution in [-0.4, -0.2) is 11.6 Å². The second-order valence-corrected chi connectivity index (χ2v) is 10.2. The van der Waals surface area contributed by atoms with Crippen molar-refractivity contribution < 1.29 is 18.4 Å². The third-order valence-electron chi connectivity index (χ3n) is 6.91. The van der Waals surface area contributed by atoms with Crippen molar-refractivity contribution in [2.75, 3.05) is 4.90 Å². The average molecular weight is 506 g/mol. The standard InChI is InChI=1S/C31H17F2NO2S/c32-31(33)25-12-6-7-13-26(25)34(20-10-2-1-3-11-20)27-17-21(37-30(27)31)16-24-28(35)22-14-18-8-4-5-9-19(18)15-23(22)29(24)36/h1-17H. The fourth-order valence-electron chi connectivity index (χ4n) is 5.19. The first-order valence-corrected chi connectivity index (χ1v) is 12.6. The van der Waals surface area contributed by atoms with Crippen molar-refractivity contribution in [2.45, 2.75) is 5.92 Å². The van der Waals surface area contributed by atoms with Gasteiger partial charge in [-0.05, 0) is 53.2 Å². The number of para-hydroxylation sites is 2. The van der Waals surface area contributed by atoms with E-state index in [-0.39, 0.29) is 27.6 Å². The first-order valence-electron chi connectivity index (χ1n) is 11.7. The topological polar surface area (TPSA) is 37.4 Å². The summed E-state index contributed by atoms with van der Waals surface area (Å²) in [5, 5.41) is 1.73. The maximum absolute atomic E-state index is 15.8. The lowest BCUT2D eigenvalue weighted by atomic mass is 9.97. The number of thiophene rings is 1. The van der Waals surface area contributed by atoms with Crippen LogP contribution in [0.25, 0.3) is 16.8 Å². The molecule has 7 rings (SSSR count). The number of allylic oxidation sites excluding steroid dienone is 1. The number of rotatable bonds is 2. The highest BCUT2D eigenvalue weighted by Gasteiger charge is 2.46. The fourth-order valence-corrected chi connectivity index (χ4v) is 6.26. The first-order chi connectivity index (χ1) is 17.9. The lowest BCUT2D eigenvalue weighted by molar-refractivity contribution is 0.0466. The minimum Gasteiger partial charge on any atom is -0.309 e. The Balaban J connectivity index is 1.38. The molecule has 0 radical (unpaired) electrons. The van der Waals surface area contributed by atoms with E-state index in [1.807, 2.05) is 54.6 Å². The number of hydrogen-bond donors (Lipinski definition) is 0. The number of anilines is 3. The van der Waals surface area contributed by atoms with Crippen LogP contribution in [0, 0.1) is 0 Å². The number of ketones is 2. The summed E-state index contributed by atoms with van der Waals surface area (Å²) >= 11 is 0.904. The van der Waals surface area contributed by atoms with Gasteiger partial charge >= 0.3 is 5.92 Å². The Bertz CT molecular complexity index is 1750. The summed E-state index contributed by atoms with van der Waals surface area (Å²) in [4.78, 5) is 28.6. The van der Waals surface area contributed by atoms with Crippen LogP contribution in [0.3, 0.4) is 0 Å². The number of nitrogens with zero attached hydrogens (tertiary/aromatic N) is 1. The van der Waals surface area contributed by atoms with E-state index >= 15 is 8.78 Å². The molecule has 1 aliphatic carbocycles. The van der Waals surface area contributed by atoms with E-state index in [1.165, 1.54) is 12.1 Å². The molecule has 2 heterocycles. The molecule has 0 unspecified atom stereocenters. The Morgan fingerprint density at radius 2 is 1.30 bits per heavy atom. The quantitative estimate of drug-likeness (QED) is 0.179. The van der Waals surface area contributed by atoms with Gasteiger partial charge in [0, 0.05) is 21.7 Å². The summed E-state index contributed by atoms with van der Waals surface area (Å²) in [5.74, 6) is -3.98. The predicted molar refractivity (Wildman–Crippen MR) is 143 cm³/mol. The fraction of sp³-hybridized carbons (Fsp3) is 0.0323. The minimum atomic E-state index is -3.22. The second kappa shape index (κ2) is 7.79. The van der Waals surface area contributed by atoms with Crippen LogP contribution in [0.2, 0.25) is 0 Å². The number of fused-ring (bicyclic) bond motifs is 4. The Kier molecular flexibility index (Phi) is 4.59. The van der Waals surface area contributed by atoms with Gasteiger partial charge < -0.3 is 4.90 Å². The van der Waals surface area contributed by atoms with Crippen molar-refractivity contribution in [1.82, 2.24) is 0 Å². The van der Waals surface area contributed by atoms with Crippen LogP contribution >= 0.6 is 11.3 Å².